The van der Waals surface area contributed by atoms with Crippen LogP contribution in [0.15, 0.2) is 22.7 Å². The molecule has 1 aromatic carbocycles. The number of anilines is 3. The number of halogens is 1. The van der Waals surface area contributed by atoms with E-state index in [2.05, 4.69) is 41.8 Å². The van der Waals surface area contributed by atoms with E-state index >= 15 is 0 Å². The molecule has 2 amide bonds. The van der Waals surface area contributed by atoms with Gasteiger partial charge in [-0.25, -0.2) is 14.8 Å². The summed E-state index contributed by atoms with van der Waals surface area (Å²) < 4.78 is 1.02. The van der Waals surface area contributed by atoms with Gasteiger partial charge in [-0.2, -0.15) is 0 Å². The highest BCUT2D eigenvalue weighted by Crippen LogP contribution is 2.26. The molecule has 1 aliphatic carbocycles. The maximum Gasteiger partial charge on any atom is 0.319 e. The SMILES string of the molecule is Cc1nc(NC2CCC(NC(=O)Nc3c(C)cc(Br)cc3C)CC2)cc(N(C)C)n1. The smallest absolute Gasteiger partial charge is 0.319 e. The van der Waals surface area contributed by atoms with Crippen molar-refractivity contribution in [3.05, 3.63) is 39.6 Å². The third-order valence-electron chi connectivity index (χ3n) is 5.43. The predicted molar refractivity (Wildman–Crippen MR) is 127 cm³/mol. The number of nitrogens with zero attached hydrogens (tertiary/aromatic N) is 3. The minimum Gasteiger partial charge on any atom is -0.367 e. The lowest BCUT2D eigenvalue weighted by molar-refractivity contribution is 0.243. The number of urea groups is 1. The molecule has 162 valence electrons. The Morgan fingerprint density at radius 1 is 1.00 bits per heavy atom. The molecule has 30 heavy (non-hydrogen) atoms. The molecule has 8 heteroatoms. The first kappa shape index (κ1) is 22.3. The largest absolute Gasteiger partial charge is 0.367 e. The lowest BCUT2D eigenvalue weighted by Gasteiger charge is -2.30. The number of benzene rings is 1. The first-order valence-corrected chi connectivity index (χ1v) is 11.1. The molecule has 7 nitrogen and oxygen atoms in total. The van der Waals surface area contributed by atoms with Crippen molar-refractivity contribution in [1.29, 1.82) is 0 Å². The number of aromatic nitrogens is 2. The van der Waals surface area contributed by atoms with E-state index in [0.717, 1.165) is 64.4 Å². The van der Waals surface area contributed by atoms with E-state index in [4.69, 9.17) is 0 Å². The second-order valence-corrected chi connectivity index (χ2v) is 9.17. The number of carbonyl (C=O) groups excluding carboxylic acids is 1. The molecule has 1 aliphatic rings. The van der Waals surface area contributed by atoms with Gasteiger partial charge >= 0.3 is 6.03 Å². The highest BCUT2D eigenvalue weighted by molar-refractivity contribution is 9.10. The van der Waals surface area contributed by atoms with E-state index in [0.29, 0.717) is 6.04 Å². The van der Waals surface area contributed by atoms with Crippen LogP contribution in [0.1, 0.15) is 42.6 Å². The molecule has 3 rings (SSSR count). The lowest BCUT2D eigenvalue weighted by Crippen LogP contribution is -2.42. The molecule has 0 bridgehead atoms. The first-order chi connectivity index (χ1) is 14.2. The van der Waals surface area contributed by atoms with Crippen molar-refractivity contribution in [2.75, 3.05) is 29.6 Å². The van der Waals surface area contributed by atoms with Gasteiger partial charge in [-0.05, 0) is 69.7 Å². The fourth-order valence-electron chi connectivity index (χ4n) is 3.89. The summed E-state index contributed by atoms with van der Waals surface area (Å²) in [6.45, 7) is 5.91. The molecule has 1 saturated carbocycles. The Hall–Kier alpha value is -2.35. The van der Waals surface area contributed by atoms with E-state index in [1.807, 2.05) is 58.0 Å². The van der Waals surface area contributed by atoms with Crippen molar-refractivity contribution in [2.45, 2.75) is 58.5 Å². The molecular weight excluding hydrogens is 444 g/mol. The van der Waals surface area contributed by atoms with Gasteiger partial charge in [0, 0.05) is 42.4 Å². The molecular formula is C22H31BrN6O. The number of hydrogen-bond acceptors (Lipinski definition) is 5. The average molecular weight is 475 g/mol. The van der Waals surface area contributed by atoms with Gasteiger partial charge in [-0.15, -0.1) is 0 Å². The molecule has 0 unspecified atom stereocenters. The zero-order valence-corrected chi connectivity index (χ0v) is 19.9. The maximum absolute atomic E-state index is 12.5. The molecule has 0 spiro atoms. The summed E-state index contributed by atoms with van der Waals surface area (Å²) in [6, 6.07) is 6.40. The van der Waals surface area contributed by atoms with E-state index < -0.39 is 0 Å². The van der Waals surface area contributed by atoms with Crippen LogP contribution >= 0.6 is 15.9 Å². The normalized spacial score (nSPS) is 18.6. The first-order valence-electron chi connectivity index (χ1n) is 10.3. The molecule has 0 saturated heterocycles. The molecule has 1 aromatic heterocycles. The quantitative estimate of drug-likeness (QED) is 0.580. The summed E-state index contributed by atoms with van der Waals surface area (Å²) in [5.41, 5.74) is 2.96. The number of carbonyl (C=O) groups is 1. The topological polar surface area (TPSA) is 82.2 Å². The minimum absolute atomic E-state index is 0.137. The van der Waals surface area contributed by atoms with E-state index in [9.17, 15) is 4.79 Å². The Balaban J connectivity index is 1.51. The predicted octanol–water partition coefficient (Wildman–Crippen LogP) is 4.78. The van der Waals surface area contributed by atoms with Gasteiger partial charge in [-0.1, -0.05) is 15.9 Å². The van der Waals surface area contributed by atoms with Crippen LogP contribution in [0.2, 0.25) is 0 Å². The zero-order valence-electron chi connectivity index (χ0n) is 18.3. The molecule has 0 aliphatic heterocycles. The molecule has 0 radical (unpaired) electrons. The van der Waals surface area contributed by atoms with Crippen LogP contribution in [0.5, 0.6) is 0 Å². The summed E-state index contributed by atoms with van der Waals surface area (Å²) in [5, 5.41) is 9.69. The van der Waals surface area contributed by atoms with Crippen LogP contribution in [0.25, 0.3) is 0 Å². The highest BCUT2D eigenvalue weighted by Gasteiger charge is 2.23. The van der Waals surface area contributed by atoms with Crippen LogP contribution in [-0.2, 0) is 0 Å². The number of rotatable bonds is 5. The van der Waals surface area contributed by atoms with Gasteiger partial charge in [0.25, 0.3) is 0 Å². The van der Waals surface area contributed by atoms with Gasteiger partial charge in [0.05, 0.1) is 0 Å². The Morgan fingerprint density at radius 2 is 1.60 bits per heavy atom. The van der Waals surface area contributed by atoms with Crippen LogP contribution in [0.3, 0.4) is 0 Å². The minimum atomic E-state index is -0.137. The van der Waals surface area contributed by atoms with E-state index in [1.165, 1.54) is 0 Å². The van der Waals surface area contributed by atoms with Crippen molar-refractivity contribution in [3.63, 3.8) is 0 Å². The second-order valence-electron chi connectivity index (χ2n) is 8.26. The third kappa shape index (κ3) is 5.84. The Bertz CT molecular complexity index is 885. The van der Waals surface area contributed by atoms with Crippen LogP contribution < -0.4 is 20.9 Å². The fraction of sp³-hybridized carbons (Fsp3) is 0.500. The molecule has 3 N–H and O–H groups in total. The summed E-state index contributed by atoms with van der Waals surface area (Å²) in [5.74, 6) is 2.52. The molecule has 2 aromatic rings. The number of aryl methyl sites for hydroxylation is 3. The van der Waals surface area contributed by atoms with Gasteiger partial charge in [-0.3, -0.25) is 0 Å². The molecule has 1 heterocycles. The van der Waals surface area contributed by atoms with Crippen LogP contribution in [-0.4, -0.2) is 42.2 Å². The maximum atomic E-state index is 12.5. The summed E-state index contributed by atoms with van der Waals surface area (Å²) >= 11 is 3.49. The third-order valence-corrected chi connectivity index (χ3v) is 5.89. The average Bonchev–Trinajstić information content (AvgIpc) is 2.66. The van der Waals surface area contributed by atoms with Crippen molar-refractivity contribution in [2.24, 2.45) is 0 Å². The highest BCUT2D eigenvalue weighted by atomic mass is 79.9. The lowest BCUT2D eigenvalue weighted by atomic mass is 9.91. The van der Waals surface area contributed by atoms with Crippen molar-refractivity contribution in [3.8, 4) is 0 Å². The van der Waals surface area contributed by atoms with Gasteiger partial charge in [0.15, 0.2) is 0 Å². The number of hydrogen-bond donors (Lipinski definition) is 3. The van der Waals surface area contributed by atoms with E-state index in [1.54, 1.807) is 0 Å². The number of nitrogens with one attached hydrogen (secondary N) is 3. The van der Waals surface area contributed by atoms with Gasteiger partial charge in [0.1, 0.15) is 17.5 Å². The van der Waals surface area contributed by atoms with Crippen LogP contribution in [0, 0.1) is 20.8 Å². The van der Waals surface area contributed by atoms with Crippen LogP contribution in [0.4, 0.5) is 22.1 Å². The fourth-order valence-corrected chi connectivity index (χ4v) is 4.58. The second kappa shape index (κ2) is 9.64. The standard InChI is InChI=1S/C22H31BrN6O/c1-13-10-16(23)11-14(2)21(13)28-22(30)27-18-8-6-17(7-9-18)26-19-12-20(29(4)5)25-15(3)24-19/h10-12,17-18H,6-9H2,1-5H3,(H,24,25,26)(H2,27,28,30). The van der Waals surface area contributed by atoms with Crippen molar-refractivity contribution >= 4 is 39.3 Å². The van der Waals surface area contributed by atoms with Gasteiger partial charge in [0.2, 0.25) is 0 Å². The Kier molecular flexibility index (Phi) is 7.18. The summed E-state index contributed by atoms with van der Waals surface area (Å²) in [4.78, 5) is 23.4. The summed E-state index contributed by atoms with van der Waals surface area (Å²) in [7, 11) is 3.95. The number of amides is 2. The van der Waals surface area contributed by atoms with E-state index in [-0.39, 0.29) is 12.1 Å². The van der Waals surface area contributed by atoms with Gasteiger partial charge < -0.3 is 20.9 Å². The monoisotopic (exact) mass is 474 g/mol. The van der Waals surface area contributed by atoms with Crippen molar-refractivity contribution in [1.82, 2.24) is 15.3 Å². The Labute approximate surface area is 187 Å². The Morgan fingerprint density at radius 3 is 2.20 bits per heavy atom. The molecule has 0 atom stereocenters. The zero-order chi connectivity index (χ0) is 21.8. The molecule has 1 fully saturated rings. The summed E-state index contributed by atoms with van der Waals surface area (Å²) in [6.07, 6.45) is 3.85. The van der Waals surface area contributed by atoms with Crippen molar-refractivity contribution < 1.29 is 4.79 Å².